The van der Waals surface area contributed by atoms with Crippen LogP contribution in [0.15, 0.2) is 42.5 Å². The number of hydrogen-bond acceptors (Lipinski definition) is 5. The minimum atomic E-state index is -4.68. The summed E-state index contributed by atoms with van der Waals surface area (Å²) >= 11 is 0. The molecule has 10 heteroatoms. The normalized spacial score (nSPS) is 11.1. The van der Waals surface area contributed by atoms with Crippen LogP contribution in [0.2, 0.25) is 0 Å². The first-order chi connectivity index (χ1) is 13.7. The van der Waals surface area contributed by atoms with Gasteiger partial charge >= 0.3 is 6.18 Å². The smallest absolute Gasteiger partial charge is 0.416 e. The van der Waals surface area contributed by atoms with E-state index < -0.39 is 22.4 Å². The Morgan fingerprint density at radius 3 is 2.41 bits per heavy atom. The first-order valence-electron chi connectivity index (χ1n) is 8.81. The number of hydrogen-bond donors (Lipinski definition) is 3. The Hall–Kier alpha value is -3.30. The van der Waals surface area contributed by atoms with Gasteiger partial charge in [-0.3, -0.25) is 14.9 Å². The molecule has 0 aliphatic heterocycles. The van der Waals surface area contributed by atoms with E-state index in [0.717, 1.165) is 24.1 Å². The van der Waals surface area contributed by atoms with Gasteiger partial charge in [0.1, 0.15) is 11.4 Å². The molecule has 0 spiro atoms. The molecule has 2 aromatic carbocycles. The molecule has 0 heterocycles. The van der Waals surface area contributed by atoms with E-state index in [0.29, 0.717) is 19.0 Å². The predicted octanol–water partition coefficient (Wildman–Crippen LogP) is 3.87. The third-order valence-electron chi connectivity index (χ3n) is 4.09. The zero-order valence-electron chi connectivity index (χ0n) is 15.3. The molecule has 0 saturated carbocycles. The minimum Gasteiger partial charge on any atom is -0.508 e. The van der Waals surface area contributed by atoms with Crippen LogP contribution in [0.1, 0.15) is 24.0 Å². The SMILES string of the molecule is O=C(CCNc1ccc(C(F)(F)F)cc1[N+](=O)[O-])NCCCc1ccc(O)cc1. The number of carbonyl (C=O) groups is 1. The molecular weight excluding hydrogens is 391 g/mol. The van der Waals surface area contributed by atoms with Crippen LogP contribution in [0.25, 0.3) is 0 Å². The van der Waals surface area contributed by atoms with E-state index in [1.807, 2.05) is 0 Å². The first kappa shape index (κ1) is 22.0. The standard InChI is InChI=1S/C19H20F3N3O4/c20-19(21,22)14-5-8-16(17(12-14)25(28)29)23-11-9-18(27)24-10-1-2-13-3-6-15(26)7-4-13/h3-8,12,23,26H,1-2,9-11H2,(H,24,27). The highest BCUT2D eigenvalue weighted by molar-refractivity contribution is 5.76. The average Bonchev–Trinajstić information content (AvgIpc) is 2.66. The molecule has 0 saturated heterocycles. The number of aryl methyl sites for hydroxylation is 1. The lowest BCUT2D eigenvalue weighted by Crippen LogP contribution is -2.26. The van der Waals surface area contributed by atoms with E-state index in [2.05, 4.69) is 10.6 Å². The summed E-state index contributed by atoms with van der Waals surface area (Å²) in [4.78, 5) is 21.9. The van der Waals surface area contributed by atoms with Crippen molar-refractivity contribution in [3.63, 3.8) is 0 Å². The summed E-state index contributed by atoms with van der Waals surface area (Å²) in [6, 6.07) is 8.94. The fraction of sp³-hybridized carbons (Fsp3) is 0.316. The number of phenols is 1. The number of aromatic hydroxyl groups is 1. The van der Waals surface area contributed by atoms with Gasteiger partial charge in [-0.1, -0.05) is 12.1 Å². The van der Waals surface area contributed by atoms with E-state index in [1.54, 1.807) is 24.3 Å². The van der Waals surface area contributed by atoms with Crippen LogP contribution in [0.4, 0.5) is 24.5 Å². The molecule has 0 unspecified atom stereocenters. The number of nitrogens with zero attached hydrogens (tertiary/aromatic N) is 1. The minimum absolute atomic E-state index is 0.0113. The molecular formula is C19H20F3N3O4. The van der Waals surface area contributed by atoms with Gasteiger partial charge < -0.3 is 15.7 Å². The Morgan fingerprint density at radius 1 is 1.10 bits per heavy atom. The van der Waals surface area contributed by atoms with Crippen molar-refractivity contribution in [2.75, 3.05) is 18.4 Å². The van der Waals surface area contributed by atoms with Crippen LogP contribution in [0, 0.1) is 10.1 Å². The van der Waals surface area contributed by atoms with Crippen molar-refractivity contribution in [2.24, 2.45) is 0 Å². The van der Waals surface area contributed by atoms with Crippen molar-refractivity contribution in [2.45, 2.75) is 25.4 Å². The predicted molar refractivity (Wildman–Crippen MR) is 101 cm³/mol. The Labute approximate surface area is 164 Å². The molecule has 0 fully saturated rings. The zero-order chi connectivity index (χ0) is 21.4. The molecule has 0 bridgehead atoms. The van der Waals surface area contributed by atoms with Gasteiger partial charge in [0.25, 0.3) is 5.69 Å². The summed E-state index contributed by atoms with van der Waals surface area (Å²) < 4.78 is 38.1. The number of halogens is 3. The van der Waals surface area contributed by atoms with Crippen LogP contribution in [0.5, 0.6) is 5.75 Å². The van der Waals surface area contributed by atoms with Crippen molar-refractivity contribution in [3.8, 4) is 5.75 Å². The molecule has 2 aromatic rings. The van der Waals surface area contributed by atoms with Gasteiger partial charge in [0.15, 0.2) is 0 Å². The van der Waals surface area contributed by atoms with E-state index >= 15 is 0 Å². The fourth-order valence-electron chi connectivity index (χ4n) is 2.59. The van der Waals surface area contributed by atoms with Gasteiger partial charge in [-0.05, 0) is 42.7 Å². The van der Waals surface area contributed by atoms with Crippen LogP contribution < -0.4 is 10.6 Å². The van der Waals surface area contributed by atoms with E-state index in [1.165, 1.54) is 0 Å². The zero-order valence-corrected chi connectivity index (χ0v) is 15.3. The van der Waals surface area contributed by atoms with Gasteiger partial charge in [-0.2, -0.15) is 13.2 Å². The monoisotopic (exact) mass is 411 g/mol. The molecule has 0 aliphatic carbocycles. The molecule has 7 nitrogen and oxygen atoms in total. The second kappa shape index (κ2) is 9.76. The third-order valence-corrected chi connectivity index (χ3v) is 4.09. The van der Waals surface area contributed by atoms with Crippen LogP contribution in [0.3, 0.4) is 0 Å². The molecule has 3 N–H and O–H groups in total. The summed E-state index contributed by atoms with van der Waals surface area (Å²) in [6.07, 6.45) is -3.26. The molecule has 2 rings (SSSR count). The maximum Gasteiger partial charge on any atom is 0.416 e. The summed E-state index contributed by atoms with van der Waals surface area (Å²) in [5.41, 5.74) is -0.869. The Balaban J connectivity index is 1.76. The summed E-state index contributed by atoms with van der Waals surface area (Å²) in [7, 11) is 0. The van der Waals surface area contributed by atoms with Crippen LogP contribution >= 0.6 is 0 Å². The van der Waals surface area contributed by atoms with Gasteiger partial charge in [0, 0.05) is 25.6 Å². The number of rotatable bonds is 9. The maximum absolute atomic E-state index is 12.7. The van der Waals surface area contributed by atoms with Crippen LogP contribution in [-0.4, -0.2) is 29.0 Å². The number of benzene rings is 2. The second-order valence-electron chi connectivity index (χ2n) is 6.28. The molecule has 1 amide bonds. The quantitative estimate of drug-likeness (QED) is 0.330. The van der Waals surface area contributed by atoms with Gasteiger partial charge in [-0.25, -0.2) is 0 Å². The number of anilines is 1. The molecule has 0 radical (unpaired) electrons. The summed E-state index contributed by atoms with van der Waals surface area (Å²) in [5.74, 6) is -0.0967. The van der Waals surface area contributed by atoms with Gasteiger partial charge in [-0.15, -0.1) is 0 Å². The lowest BCUT2D eigenvalue weighted by Gasteiger charge is -2.11. The summed E-state index contributed by atoms with van der Waals surface area (Å²) in [5, 5.41) is 25.6. The maximum atomic E-state index is 12.7. The van der Waals surface area contributed by atoms with E-state index in [9.17, 15) is 33.2 Å². The van der Waals surface area contributed by atoms with Gasteiger partial charge in [0.2, 0.25) is 5.91 Å². The van der Waals surface area contributed by atoms with E-state index in [4.69, 9.17) is 0 Å². The number of nitro benzene ring substituents is 1. The van der Waals surface area contributed by atoms with Crippen molar-refractivity contribution >= 4 is 17.3 Å². The van der Waals surface area contributed by atoms with Crippen LogP contribution in [-0.2, 0) is 17.4 Å². The number of phenolic OH excluding ortho intramolecular Hbond substituents is 1. The topological polar surface area (TPSA) is 104 Å². The number of carbonyl (C=O) groups excluding carboxylic acids is 1. The summed E-state index contributed by atoms with van der Waals surface area (Å²) in [6.45, 7) is 0.468. The highest BCUT2D eigenvalue weighted by Crippen LogP contribution is 2.34. The first-order valence-corrected chi connectivity index (χ1v) is 8.81. The Morgan fingerprint density at radius 2 is 1.79 bits per heavy atom. The highest BCUT2D eigenvalue weighted by Gasteiger charge is 2.33. The van der Waals surface area contributed by atoms with Gasteiger partial charge in [0.05, 0.1) is 10.5 Å². The largest absolute Gasteiger partial charge is 0.508 e. The van der Waals surface area contributed by atoms with Crippen molar-refractivity contribution in [1.29, 1.82) is 0 Å². The molecule has 0 aromatic heterocycles. The Kier molecular flexibility index (Phi) is 7.40. The molecule has 29 heavy (non-hydrogen) atoms. The van der Waals surface area contributed by atoms with Crippen molar-refractivity contribution in [1.82, 2.24) is 5.32 Å². The van der Waals surface area contributed by atoms with Crippen molar-refractivity contribution < 1.29 is 28.0 Å². The Bertz CT molecular complexity index is 855. The molecule has 0 atom stereocenters. The number of nitro groups is 1. The molecule has 0 aliphatic rings. The number of alkyl halides is 3. The number of amides is 1. The highest BCUT2D eigenvalue weighted by atomic mass is 19.4. The second-order valence-corrected chi connectivity index (χ2v) is 6.28. The lowest BCUT2D eigenvalue weighted by molar-refractivity contribution is -0.384. The fourth-order valence-corrected chi connectivity index (χ4v) is 2.59. The number of nitrogens with one attached hydrogen (secondary N) is 2. The third kappa shape index (κ3) is 6.98. The lowest BCUT2D eigenvalue weighted by atomic mass is 10.1. The van der Waals surface area contributed by atoms with Crippen molar-refractivity contribution in [3.05, 3.63) is 63.7 Å². The van der Waals surface area contributed by atoms with E-state index in [-0.39, 0.29) is 30.3 Å². The molecule has 156 valence electrons. The average molecular weight is 411 g/mol.